The second-order valence-electron chi connectivity index (χ2n) is 5.94. The van der Waals surface area contributed by atoms with Crippen molar-refractivity contribution in [3.05, 3.63) is 29.8 Å². The molecule has 1 fully saturated rings. The zero-order valence-corrected chi connectivity index (χ0v) is 14.4. The van der Waals surface area contributed by atoms with Crippen LogP contribution in [0, 0.1) is 0 Å². The van der Waals surface area contributed by atoms with E-state index in [1.807, 2.05) is 24.3 Å². The van der Waals surface area contributed by atoms with Crippen LogP contribution in [-0.2, 0) is 20.7 Å². The molecule has 1 saturated heterocycles. The summed E-state index contributed by atoms with van der Waals surface area (Å²) in [4.78, 5) is 24.2. The highest BCUT2D eigenvalue weighted by molar-refractivity contribution is 5.80. The Morgan fingerprint density at radius 2 is 1.88 bits per heavy atom. The average molecular weight is 350 g/mol. The van der Waals surface area contributed by atoms with Crippen molar-refractivity contribution < 1.29 is 24.2 Å². The molecule has 0 spiro atoms. The number of nitrogens with one attached hydrogen (secondary N) is 1. The van der Waals surface area contributed by atoms with Crippen LogP contribution in [0.15, 0.2) is 24.3 Å². The first-order chi connectivity index (χ1) is 12.1. The molecule has 0 aromatic heterocycles. The fourth-order valence-electron chi connectivity index (χ4n) is 2.52. The molecule has 0 aliphatic carbocycles. The largest absolute Gasteiger partial charge is 0.492 e. The second-order valence-corrected chi connectivity index (χ2v) is 5.94. The molecule has 0 radical (unpaired) electrons. The lowest BCUT2D eigenvalue weighted by Gasteiger charge is -2.26. The topological polar surface area (TPSA) is 88.1 Å². The monoisotopic (exact) mass is 350 g/mol. The fraction of sp³-hybridized carbons (Fsp3) is 0.556. The molecule has 0 unspecified atom stereocenters. The van der Waals surface area contributed by atoms with Crippen LogP contribution in [0.5, 0.6) is 5.75 Å². The van der Waals surface area contributed by atoms with Crippen LogP contribution in [0.4, 0.5) is 0 Å². The Hall–Kier alpha value is -2.12. The van der Waals surface area contributed by atoms with Gasteiger partial charge < -0.3 is 19.9 Å². The van der Waals surface area contributed by atoms with Gasteiger partial charge in [0.25, 0.3) is 0 Å². The smallest absolute Gasteiger partial charge is 0.303 e. The summed E-state index contributed by atoms with van der Waals surface area (Å²) >= 11 is 0. The van der Waals surface area contributed by atoms with Gasteiger partial charge in [-0.1, -0.05) is 12.1 Å². The molecule has 7 heteroatoms. The molecule has 2 N–H and O–H groups in total. The minimum absolute atomic E-state index is 0.0191. The third-order valence-corrected chi connectivity index (χ3v) is 4.01. The number of aliphatic carboxylic acids is 1. The molecule has 1 aromatic carbocycles. The molecule has 1 heterocycles. The van der Waals surface area contributed by atoms with E-state index in [9.17, 15) is 9.59 Å². The number of rotatable bonds is 10. The maximum atomic E-state index is 11.4. The van der Waals surface area contributed by atoms with Crippen molar-refractivity contribution in [1.82, 2.24) is 10.2 Å². The summed E-state index contributed by atoms with van der Waals surface area (Å²) < 4.78 is 11.1. The van der Waals surface area contributed by atoms with Gasteiger partial charge in [-0.2, -0.15) is 0 Å². The number of carboxylic acids is 1. The predicted molar refractivity (Wildman–Crippen MR) is 92.8 cm³/mol. The second kappa shape index (κ2) is 10.7. The van der Waals surface area contributed by atoms with Gasteiger partial charge in [0.1, 0.15) is 12.4 Å². The Morgan fingerprint density at radius 3 is 2.56 bits per heavy atom. The van der Waals surface area contributed by atoms with Crippen molar-refractivity contribution in [1.29, 1.82) is 0 Å². The highest BCUT2D eigenvalue weighted by atomic mass is 16.5. The molecule has 25 heavy (non-hydrogen) atoms. The molecule has 138 valence electrons. The average Bonchev–Trinajstić information content (AvgIpc) is 2.62. The SMILES string of the molecule is O=C(O)CCC(=O)NCCc1ccc(OCCN2CCOCC2)cc1. The number of benzene rings is 1. The van der Waals surface area contributed by atoms with E-state index in [0.29, 0.717) is 19.6 Å². The Bertz CT molecular complexity index is 541. The third kappa shape index (κ3) is 8.00. The van der Waals surface area contributed by atoms with E-state index in [1.165, 1.54) is 0 Å². The highest BCUT2D eigenvalue weighted by Crippen LogP contribution is 2.12. The maximum Gasteiger partial charge on any atom is 0.303 e. The molecule has 0 atom stereocenters. The van der Waals surface area contributed by atoms with E-state index in [4.69, 9.17) is 14.6 Å². The molecular formula is C18H26N2O5. The van der Waals surface area contributed by atoms with Crippen LogP contribution in [0.2, 0.25) is 0 Å². The van der Waals surface area contributed by atoms with Crippen LogP contribution in [0.1, 0.15) is 18.4 Å². The van der Waals surface area contributed by atoms with E-state index in [1.54, 1.807) is 0 Å². The molecule has 2 rings (SSSR count). The number of morpholine rings is 1. The zero-order chi connectivity index (χ0) is 17.9. The maximum absolute atomic E-state index is 11.4. The van der Waals surface area contributed by atoms with Gasteiger partial charge in [-0.3, -0.25) is 14.5 Å². The molecule has 0 saturated carbocycles. The van der Waals surface area contributed by atoms with Crippen molar-refractivity contribution in [2.45, 2.75) is 19.3 Å². The molecule has 7 nitrogen and oxygen atoms in total. The van der Waals surface area contributed by atoms with Gasteiger partial charge in [-0.25, -0.2) is 0 Å². The Morgan fingerprint density at radius 1 is 1.16 bits per heavy atom. The van der Waals surface area contributed by atoms with Gasteiger partial charge in [0.05, 0.1) is 19.6 Å². The first-order valence-corrected chi connectivity index (χ1v) is 8.64. The normalized spacial score (nSPS) is 14.9. The van der Waals surface area contributed by atoms with Gasteiger partial charge in [0.2, 0.25) is 5.91 Å². The van der Waals surface area contributed by atoms with Crippen LogP contribution in [0.25, 0.3) is 0 Å². The first kappa shape index (κ1) is 19.2. The van der Waals surface area contributed by atoms with Crippen LogP contribution >= 0.6 is 0 Å². The Labute approximate surface area is 147 Å². The zero-order valence-electron chi connectivity index (χ0n) is 14.4. The molecule has 1 aliphatic heterocycles. The van der Waals surface area contributed by atoms with Crippen molar-refractivity contribution in [2.75, 3.05) is 46.0 Å². The summed E-state index contributed by atoms with van der Waals surface area (Å²) in [6.45, 7) is 5.55. The standard InChI is InChI=1S/C18H26N2O5/c21-17(5-6-18(22)23)19-8-7-15-1-3-16(4-2-15)25-14-11-20-9-12-24-13-10-20/h1-4H,5-14H2,(H,19,21)(H,22,23). The van der Waals surface area contributed by atoms with Gasteiger partial charge in [-0.15, -0.1) is 0 Å². The molecule has 1 amide bonds. The van der Waals surface area contributed by atoms with Gasteiger partial charge in [0, 0.05) is 32.6 Å². The van der Waals surface area contributed by atoms with Crippen molar-refractivity contribution >= 4 is 11.9 Å². The third-order valence-electron chi connectivity index (χ3n) is 4.01. The summed E-state index contributed by atoms with van der Waals surface area (Å²) in [5, 5.41) is 11.2. The number of carbonyl (C=O) groups excluding carboxylic acids is 1. The minimum Gasteiger partial charge on any atom is -0.492 e. The number of hydrogen-bond donors (Lipinski definition) is 2. The first-order valence-electron chi connectivity index (χ1n) is 8.64. The molecule has 1 aromatic rings. The summed E-state index contributed by atoms with van der Waals surface area (Å²) in [5.74, 6) is -0.354. The van der Waals surface area contributed by atoms with Gasteiger partial charge in [-0.05, 0) is 24.1 Å². The number of amides is 1. The summed E-state index contributed by atoms with van der Waals surface area (Å²) in [7, 11) is 0. The Balaban J connectivity index is 1.60. The van der Waals surface area contributed by atoms with Gasteiger partial charge in [0.15, 0.2) is 0 Å². The van der Waals surface area contributed by atoms with Crippen molar-refractivity contribution in [2.24, 2.45) is 0 Å². The van der Waals surface area contributed by atoms with Gasteiger partial charge >= 0.3 is 5.97 Å². The number of hydrogen-bond acceptors (Lipinski definition) is 5. The van der Waals surface area contributed by atoms with E-state index >= 15 is 0 Å². The summed E-state index contributed by atoms with van der Waals surface area (Å²) in [6, 6.07) is 7.82. The van der Waals surface area contributed by atoms with E-state index in [2.05, 4.69) is 10.2 Å². The fourth-order valence-corrected chi connectivity index (χ4v) is 2.52. The highest BCUT2D eigenvalue weighted by Gasteiger charge is 2.09. The molecular weight excluding hydrogens is 324 g/mol. The number of carbonyl (C=O) groups is 2. The lowest BCUT2D eigenvalue weighted by atomic mass is 10.1. The van der Waals surface area contributed by atoms with Crippen LogP contribution in [0.3, 0.4) is 0 Å². The van der Waals surface area contributed by atoms with Crippen molar-refractivity contribution in [3.63, 3.8) is 0 Å². The Kier molecular flexibility index (Phi) is 8.21. The lowest BCUT2D eigenvalue weighted by molar-refractivity contribution is -0.138. The van der Waals surface area contributed by atoms with Crippen LogP contribution in [-0.4, -0.2) is 67.9 Å². The molecule has 1 aliphatic rings. The number of carboxylic acid groups (broad SMARTS) is 1. The van der Waals surface area contributed by atoms with E-state index in [0.717, 1.165) is 44.2 Å². The summed E-state index contributed by atoms with van der Waals surface area (Å²) in [5.41, 5.74) is 1.10. The lowest BCUT2D eigenvalue weighted by Crippen LogP contribution is -2.38. The molecule has 0 bridgehead atoms. The van der Waals surface area contributed by atoms with Crippen LogP contribution < -0.4 is 10.1 Å². The quantitative estimate of drug-likeness (QED) is 0.652. The number of ether oxygens (including phenoxy) is 2. The number of nitrogens with zero attached hydrogens (tertiary/aromatic N) is 1. The van der Waals surface area contributed by atoms with Crippen molar-refractivity contribution in [3.8, 4) is 5.75 Å². The predicted octanol–water partition coefficient (Wildman–Crippen LogP) is 0.921. The van der Waals surface area contributed by atoms with E-state index < -0.39 is 5.97 Å². The minimum atomic E-state index is -0.959. The summed E-state index contributed by atoms with van der Waals surface area (Å²) in [6.07, 6.45) is 0.584. The van der Waals surface area contributed by atoms with E-state index in [-0.39, 0.29) is 18.7 Å².